The van der Waals surface area contributed by atoms with Gasteiger partial charge in [-0.2, -0.15) is 18.3 Å². The minimum Gasteiger partial charge on any atom is -0.294 e. The molecule has 0 unspecified atom stereocenters. The van der Waals surface area contributed by atoms with E-state index in [2.05, 4.69) is 10.1 Å². The third-order valence-corrected chi connectivity index (χ3v) is 2.91. The highest BCUT2D eigenvalue weighted by atomic mass is 19.4. The Bertz CT molecular complexity index is 664. The Labute approximate surface area is 117 Å². The fourth-order valence-electron chi connectivity index (χ4n) is 1.84. The highest BCUT2D eigenvalue weighted by Gasteiger charge is 2.32. The molecule has 0 fully saturated rings. The summed E-state index contributed by atoms with van der Waals surface area (Å²) in [4.78, 5) is 15.8. The summed E-state index contributed by atoms with van der Waals surface area (Å²) in [6.07, 6.45) is -3.72. The Balaban J connectivity index is 2.31. The lowest BCUT2D eigenvalue weighted by atomic mass is 10.0. The molecule has 2 rings (SSSR count). The number of Topliss-reactive ketones (excluding diaryl/α,β-unsaturated/α-hetero) is 1. The van der Waals surface area contributed by atoms with E-state index in [1.54, 1.807) is 6.92 Å². The average Bonchev–Trinajstić information content (AvgIpc) is 2.84. The van der Waals surface area contributed by atoms with Crippen molar-refractivity contribution in [1.29, 1.82) is 0 Å². The molecule has 0 aliphatic heterocycles. The summed E-state index contributed by atoms with van der Waals surface area (Å²) < 4.78 is 52.8. The summed E-state index contributed by atoms with van der Waals surface area (Å²) in [5, 5.41) is 3.84. The van der Waals surface area contributed by atoms with Crippen LogP contribution in [0.4, 0.5) is 17.6 Å². The summed E-state index contributed by atoms with van der Waals surface area (Å²) >= 11 is 0. The van der Waals surface area contributed by atoms with Crippen LogP contribution in [0.1, 0.15) is 28.7 Å². The predicted molar refractivity (Wildman–Crippen MR) is 65.1 cm³/mol. The van der Waals surface area contributed by atoms with Gasteiger partial charge in [0.05, 0.1) is 17.5 Å². The zero-order chi connectivity index (χ0) is 15.6. The lowest BCUT2D eigenvalue weighted by Crippen LogP contribution is -2.14. The fourth-order valence-corrected chi connectivity index (χ4v) is 1.84. The van der Waals surface area contributed by atoms with Gasteiger partial charge in [-0.1, -0.05) is 0 Å². The molecule has 0 aliphatic rings. The Morgan fingerprint density at radius 3 is 2.67 bits per heavy atom. The van der Waals surface area contributed by atoms with Gasteiger partial charge in [-0.05, 0) is 25.1 Å². The monoisotopic (exact) mass is 301 g/mol. The minimum absolute atomic E-state index is 0.277. The summed E-state index contributed by atoms with van der Waals surface area (Å²) in [5.74, 6) is -1.49. The van der Waals surface area contributed by atoms with Crippen LogP contribution in [0.5, 0.6) is 0 Å². The normalized spacial score (nSPS) is 11.7. The van der Waals surface area contributed by atoms with E-state index in [9.17, 15) is 22.4 Å². The quantitative estimate of drug-likeness (QED) is 0.644. The molecule has 8 heteroatoms. The number of aryl methyl sites for hydroxylation is 1. The number of rotatable bonds is 4. The maximum absolute atomic E-state index is 13.6. The standard InChI is InChI=1S/C13H11F4N3O/c1-2-20-12(18-7-19-20)6-11(21)9-5-8(13(15,16)17)3-4-10(9)14/h3-5,7H,2,6H2,1H3. The number of halogens is 4. The lowest BCUT2D eigenvalue weighted by molar-refractivity contribution is -0.137. The molecule has 0 atom stereocenters. The molecule has 1 aromatic carbocycles. The van der Waals surface area contributed by atoms with Crippen molar-refractivity contribution >= 4 is 5.78 Å². The minimum atomic E-state index is -4.63. The van der Waals surface area contributed by atoms with E-state index in [0.29, 0.717) is 24.7 Å². The molecule has 0 spiro atoms. The Morgan fingerprint density at radius 2 is 2.05 bits per heavy atom. The number of ketones is 1. The lowest BCUT2D eigenvalue weighted by Gasteiger charge is -2.09. The summed E-state index contributed by atoms with van der Waals surface area (Å²) in [6.45, 7) is 2.22. The van der Waals surface area contributed by atoms with Gasteiger partial charge in [0.25, 0.3) is 0 Å². The average molecular weight is 301 g/mol. The number of carbonyl (C=O) groups is 1. The topological polar surface area (TPSA) is 47.8 Å². The molecule has 0 saturated carbocycles. The second kappa shape index (κ2) is 5.63. The number of alkyl halides is 3. The van der Waals surface area contributed by atoms with Gasteiger partial charge in [-0.3, -0.25) is 4.79 Å². The number of aromatic nitrogens is 3. The van der Waals surface area contributed by atoms with Gasteiger partial charge in [-0.15, -0.1) is 0 Å². The van der Waals surface area contributed by atoms with E-state index >= 15 is 0 Å². The van der Waals surface area contributed by atoms with Crippen LogP contribution in [0.2, 0.25) is 0 Å². The summed E-state index contributed by atoms with van der Waals surface area (Å²) in [7, 11) is 0. The number of nitrogens with zero attached hydrogens (tertiary/aromatic N) is 3. The SMILES string of the molecule is CCn1ncnc1CC(=O)c1cc(C(F)(F)F)ccc1F. The van der Waals surface area contributed by atoms with Crippen LogP contribution < -0.4 is 0 Å². The van der Waals surface area contributed by atoms with Gasteiger partial charge < -0.3 is 0 Å². The third-order valence-electron chi connectivity index (χ3n) is 2.91. The van der Waals surface area contributed by atoms with Crippen molar-refractivity contribution < 1.29 is 22.4 Å². The molecule has 0 N–H and O–H groups in total. The first-order chi connectivity index (χ1) is 9.82. The molecule has 1 aromatic heterocycles. The van der Waals surface area contributed by atoms with Crippen LogP contribution in [0.25, 0.3) is 0 Å². The first kappa shape index (κ1) is 15.1. The molecule has 0 aliphatic carbocycles. The first-order valence-corrected chi connectivity index (χ1v) is 6.09. The maximum Gasteiger partial charge on any atom is 0.416 e. The summed E-state index contributed by atoms with van der Waals surface area (Å²) in [6, 6.07) is 1.76. The van der Waals surface area contributed by atoms with Gasteiger partial charge in [0, 0.05) is 6.54 Å². The van der Waals surface area contributed by atoms with Crippen molar-refractivity contribution in [2.75, 3.05) is 0 Å². The smallest absolute Gasteiger partial charge is 0.294 e. The van der Waals surface area contributed by atoms with Gasteiger partial charge >= 0.3 is 6.18 Å². The van der Waals surface area contributed by atoms with E-state index in [-0.39, 0.29) is 12.2 Å². The van der Waals surface area contributed by atoms with Crippen LogP contribution in [0, 0.1) is 5.82 Å². The number of carbonyl (C=O) groups excluding carboxylic acids is 1. The van der Waals surface area contributed by atoms with Crippen LogP contribution >= 0.6 is 0 Å². The number of hydrogen-bond acceptors (Lipinski definition) is 3. The summed E-state index contributed by atoms with van der Waals surface area (Å²) in [5.41, 5.74) is -1.67. The molecular weight excluding hydrogens is 290 g/mol. The van der Waals surface area contributed by atoms with Crippen LogP contribution in [-0.4, -0.2) is 20.5 Å². The van der Waals surface area contributed by atoms with E-state index in [1.807, 2.05) is 0 Å². The number of hydrogen-bond donors (Lipinski definition) is 0. The second-order valence-corrected chi connectivity index (χ2v) is 4.28. The van der Waals surface area contributed by atoms with Gasteiger partial charge in [0.15, 0.2) is 5.78 Å². The largest absolute Gasteiger partial charge is 0.416 e. The zero-order valence-electron chi connectivity index (χ0n) is 11.0. The Hall–Kier alpha value is -2.25. The van der Waals surface area contributed by atoms with Gasteiger partial charge in [-0.25, -0.2) is 14.1 Å². The molecule has 21 heavy (non-hydrogen) atoms. The molecule has 112 valence electrons. The second-order valence-electron chi connectivity index (χ2n) is 4.28. The number of benzene rings is 1. The maximum atomic E-state index is 13.6. The zero-order valence-corrected chi connectivity index (χ0v) is 11.0. The van der Waals surface area contributed by atoms with Gasteiger partial charge in [0.2, 0.25) is 0 Å². The van der Waals surface area contributed by atoms with E-state index in [1.165, 1.54) is 11.0 Å². The van der Waals surface area contributed by atoms with Crippen LogP contribution in [0.15, 0.2) is 24.5 Å². The molecule has 1 heterocycles. The molecule has 0 radical (unpaired) electrons. The molecule has 2 aromatic rings. The van der Waals surface area contributed by atoms with E-state index in [4.69, 9.17) is 0 Å². The fraction of sp³-hybridized carbons (Fsp3) is 0.308. The predicted octanol–water partition coefficient (Wildman–Crippen LogP) is 2.88. The molecule has 0 saturated heterocycles. The van der Waals surface area contributed by atoms with E-state index < -0.39 is 28.9 Å². The molecule has 0 amide bonds. The molecule has 0 bridgehead atoms. The van der Waals surface area contributed by atoms with Crippen LogP contribution in [0.3, 0.4) is 0 Å². The van der Waals surface area contributed by atoms with Crippen molar-refractivity contribution in [3.05, 3.63) is 47.3 Å². The van der Waals surface area contributed by atoms with Gasteiger partial charge in [0.1, 0.15) is 18.0 Å². The highest BCUT2D eigenvalue weighted by molar-refractivity contribution is 5.97. The Morgan fingerprint density at radius 1 is 1.33 bits per heavy atom. The van der Waals surface area contributed by atoms with E-state index in [0.717, 1.165) is 0 Å². The molecular formula is C13H11F4N3O. The van der Waals surface area contributed by atoms with Crippen molar-refractivity contribution in [3.63, 3.8) is 0 Å². The van der Waals surface area contributed by atoms with Crippen molar-refractivity contribution in [1.82, 2.24) is 14.8 Å². The van der Waals surface area contributed by atoms with Crippen molar-refractivity contribution in [2.45, 2.75) is 26.1 Å². The van der Waals surface area contributed by atoms with Crippen LogP contribution in [-0.2, 0) is 19.1 Å². The molecule has 4 nitrogen and oxygen atoms in total. The van der Waals surface area contributed by atoms with Crippen molar-refractivity contribution in [2.24, 2.45) is 0 Å². The first-order valence-electron chi connectivity index (χ1n) is 6.09. The Kier molecular flexibility index (Phi) is 4.06. The highest BCUT2D eigenvalue weighted by Crippen LogP contribution is 2.30. The third kappa shape index (κ3) is 3.26. The van der Waals surface area contributed by atoms with Crippen molar-refractivity contribution in [3.8, 4) is 0 Å².